The molecule has 0 saturated carbocycles. The van der Waals surface area contributed by atoms with Gasteiger partial charge in [-0.3, -0.25) is 9.59 Å². The van der Waals surface area contributed by atoms with Crippen LogP contribution in [-0.4, -0.2) is 29.0 Å². The molecule has 0 amide bonds. The first-order valence-corrected chi connectivity index (χ1v) is 6.56. The van der Waals surface area contributed by atoms with Gasteiger partial charge in [-0.1, -0.05) is 29.3 Å². The lowest BCUT2D eigenvalue weighted by molar-refractivity contribution is -0.150. The fourth-order valence-corrected chi connectivity index (χ4v) is 3.08. The van der Waals surface area contributed by atoms with Gasteiger partial charge in [0, 0.05) is 13.8 Å². The molecule has 4 nitrogen and oxygen atoms in total. The van der Waals surface area contributed by atoms with Gasteiger partial charge in [-0.15, -0.1) is 18.2 Å². The van der Waals surface area contributed by atoms with Crippen molar-refractivity contribution in [3.8, 4) is 0 Å². The zero-order valence-electron chi connectivity index (χ0n) is 10.4. The Balaban J connectivity index is 3.19. The van der Waals surface area contributed by atoms with Gasteiger partial charge in [-0.25, -0.2) is 0 Å². The summed E-state index contributed by atoms with van der Waals surface area (Å²) in [6.45, 7) is 6.03. The molecule has 0 bridgehead atoms. The van der Waals surface area contributed by atoms with E-state index in [9.17, 15) is 9.59 Å². The SMILES string of the molecule is C=CCC1(Cl)[C@H](OC(C)=O)C(Cl)=C(Cl)[C@@H]1OC(C)=O. The molecule has 0 saturated heterocycles. The minimum Gasteiger partial charge on any atom is -0.455 e. The summed E-state index contributed by atoms with van der Waals surface area (Å²) in [5.41, 5.74) is 0. The summed E-state index contributed by atoms with van der Waals surface area (Å²) in [6, 6.07) is 0. The third-order valence-corrected chi connectivity index (χ3v) is 4.04. The second-order valence-electron chi connectivity index (χ2n) is 4.09. The van der Waals surface area contributed by atoms with Crippen molar-refractivity contribution in [2.75, 3.05) is 0 Å². The van der Waals surface area contributed by atoms with E-state index >= 15 is 0 Å². The van der Waals surface area contributed by atoms with Crippen molar-refractivity contribution >= 4 is 46.7 Å². The average molecular weight is 328 g/mol. The minimum atomic E-state index is -1.28. The standard InChI is InChI=1S/C12H13Cl3O4/c1-4-5-12(15)10(18-6(2)16)8(13)9(14)11(12)19-7(3)17/h4,10-11H,1,5H2,2-3H3/t10-,11+,12?. The lowest BCUT2D eigenvalue weighted by atomic mass is 9.96. The molecular formula is C12H13Cl3O4. The number of halogens is 3. The summed E-state index contributed by atoms with van der Waals surface area (Å²) in [6.07, 6.45) is -0.261. The predicted molar refractivity (Wildman–Crippen MR) is 73.2 cm³/mol. The molecule has 1 aliphatic carbocycles. The van der Waals surface area contributed by atoms with Gasteiger partial charge in [0.25, 0.3) is 0 Å². The van der Waals surface area contributed by atoms with Crippen LogP contribution in [0, 0.1) is 0 Å². The maximum Gasteiger partial charge on any atom is 0.303 e. The maximum atomic E-state index is 11.1. The van der Waals surface area contributed by atoms with Crippen LogP contribution in [0.3, 0.4) is 0 Å². The molecule has 1 aliphatic rings. The first kappa shape index (κ1) is 16.3. The monoisotopic (exact) mass is 326 g/mol. The van der Waals surface area contributed by atoms with Crippen LogP contribution in [0.5, 0.6) is 0 Å². The van der Waals surface area contributed by atoms with Crippen LogP contribution in [0.15, 0.2) is 22.7 Å². The molecule has 0 aromatic heterocycles. The van der Waals surface area contributed by atoms with E-state index in [0.717, 1.165) is 0 Å². The largest absolute Gasteiger partial charge is 0.455 e. The quantitative estimate of drug-likeness (QED) is 0.452. The molecule has 0 spiro atoms. The molecule has 1 rings (SSSR count). The lowest BCUT2D eigenvalue weighted by Crippen LogP contribution is -2.46. The maximum absolute atomic E-state index is 11.1. The lowest BCUT2D eigenvalue weighted by Gasteiger charge is -2.32. The second kappa shape index (κ2) is 6.16. The number of carbonyl (C=O) groups is 2. The van der Waals surface area contributed by atoms with Gasteiger partial charge in [0.2, 0.25) is 0 Å². The Hall–Kier alpha value is -0.710. The van der Waals surface area contributed by atoms with Crippen molar-refractivity contribution < 1.29 is 19.1 Å². The van der Waals surface area contributed by atoms with Crippen molar-refractivity contribution in [1.29, 1.82) is 0 Å². The van der Waals surface area contributed by atoms with Crippen molar-refractivity contribution in [3.63, 3.8) is 0 Å². The summed E-state index contributed by atoms with van der Waals surface area (Å²) in [7, 11) is 0. The highest BCUT2D eigenvalue weighted by Gasteiger charge is 2.56. The van der Waals surface area contributed by atoms with E-state index in [1.54, 1.807) is 0 Å². The van der Waals surface area contributed by atoms with E-state index in [1.807, 2.05) is 0 Å². The normalized spacial score (nSPS) is 30.2. The summed E-state index contributed by atoms with van der Waals surface area (Å²) in [5, 5.41) is 0.111. The number of ether oxygens (including phenoxy) is 2. The Bertz CT molecular complexity index is 412. The summed E-state index contributed by atoms with van der Waals surface area (Å²) in [5.74, 6) is -1.13. The fourth-order valence-electron chi connectivity index (χ4n) is 1.88. The van der Waals surface area contributed by atoms with Gasteiger partial charge >= 0.3 is 11.9 Å². The van der Waals surface area contributed by atoms with Crippen LogP contribution in [0.25, 0.3) is 0 Å². The highest BCUT2D eigenvalue weighted by molar-refractivity contribution is 6.43. The van der Waals surface area contributed by atoms with Gasteiger partial charge < -0.3 is 9.47 Å². The third kappa shape index (κ3) is 3.25. The van der Waals surface area contributed by atoms with Crippen LogP contribution < -0.4 is 0 Å². The van der Waals surface area contributed by atoms with E-state index in [2.05, 4.69) is 6.58 Å². The Morgan fingerprint density at radius 2 is 1.58 bits per heavy atom. The Labute approximate surface area is 126 Å². The summed E-state index contributed by atoms with van der Waals surface area (Å²) >= 11 is 18.5. The molecule has 7 heteroatoms. The van der Waals surface area contributed by atoms with Crippen LogP contribution in [0.4, 0.5) is 0 Å². The smallest absolute Gasteiger partial charge is 0.303 e. The molecule has 19 heavy (non-hydrogen) atoms. The van der Waals surface area contributed by atoms with Crippen molar-refractivity contribution in [2.45, 2.75) is 37.4 Å². The molecule has 3 atom stereocenters. The van der Waals surface area contributed by atoms with Crippen molar-refractivity contribution in [2.24, 2.45) is 0 Å². The van der Waals surface area contributed by atoms with Crippen LogP contribution in [0.2, 0.25) is 0 Å². The van der Waals surface area contributed by atoms with Crippen LogP contribution >= 0.6 is 34.8 Å². The predicted octanol–water partition coefficient (Wildman–Crippen LogP) is 3.11. The van der Waals surface area contributed by atoms with Gasteiger partial charge in [0.05, 0.1) is 10.1 Å². The van der Waals surface area contributed by atoms with E-state index in [4.69, 9.17) is 44.3 Å². The minimum absolute atomic E-state index is 0.0555. The molecule has 0 heterocycles. The van der Waals surface area contributed by atoms with E-state index < -0.39 is 29.0 Å². The van der Waals surface area contributed by atoms with E-state index in [-0.39, 0.29) is 16.5 Å². The Kier molecular flexibility index (Phi) is 5.30. The summed E-state index contributed by atoms with van der Waals surface area (Å²) in [4.78, 5) is 21.0. The number of hydrogen-bond acceptors (Lipinski definition) is 4. The number of allylic oxidation sites excluding steroid dienone is 1. The van der Waals surface area contributed by atoms with Crippen molar-refractivity contribution in [3.05, 3.63) is 22.7 Å². The van der Waals surface area contributed by atoms with Crippen LogP contribution in [-0.2, 0) is 19.1 Å². The first-order valence-electron chi connectivity index (χ1n) is 5.43. The number of hydrogen-bond donors (Lipinski definition) is 0. The number of esters is 2. The molecule has 0 aromatic carbocycles. The number of alkyl halides is 1. The molecule has 0 aliphatic heterocycles. The topological polar surface area (TPSA) is 52.6 Å². The Morgan fingerprint density at radius 1 is 1.21 bits per heavy atom. The number of rotatable bonds is 4. The zero-order chi connectivity index (χ0) is 14.8. The molecule has 0 radical (unpaired) electrons. The molecule has 0 aromatic rings. The highest BCUT2D eigenvalue weighted by atomic mass is 35.5. The van der Waals surface area contributed by atoms with Crippen LogP contribution in [0.1, 0.15) is 20.3 Å². The van der Waals surface area contributed by atoms with Gasteiger partial charge in [0.1, 0.15) is 4.87 Å². The fraction of sp³-hybridized carbons (Fsp3) is 0.500. The second-order valence-corrected chi connectivity index (χ2v) is 5.61. The van der Waals surface area contributed by atoms with E-state index in [0.29, 0.717) is 0 Å². The van der Waals surface area contributed by atoms with Gasteiger partial charge in [0.15, 0.2) is 12.2 Å². The molecule has 106 valence electrons. The van der Waals surface area contributed by atoms with Gasteiger partial charge in [-0.05, 0) is 6.42 Å². The highest BCUT2D eigenvalue weighted by Crippen LogP contribution is 2.49. The van der Waals surface area contributed by atoms with Gasteiger partial charge in [-0.2, -0.15) is 0 Å². The summed E-state index contributed by atoms with van der Waals surface area (Å²) < 4.78 is 10.2. The molecule has 0 fully saturated rings. The van der Waals surface area contributed by atoms with E-state index in [1.165, 1.54) is 19.9 Å². The molecule has 1 unspecified atom stereocenters. The first-order chi connectivity index (χ1) is 8.74. The molecular weight excluding hydrogens is 314 g/mol. The number of carbonyl (C=O) groups excluding carboxylic acids is 2. The zero-order valence-corrected chi connectivity index (χ0v) is 12.7. The average Bonchev–Trinajstić information content (AvgIpc) is 2.44. The Morgan fingerprint density at radius 3 is 1.84 bits per heavy atom. The molecule has 0 N–H and O–H groups in total. The third-order valence-electron chi connectivity index (χ3n) is 2.59. The van der Waals surface area contributed by atoms with Crippen molar-refractivity contribution in [1.82, 2.24) is 0 Å².